The van der Waals surface area contributed by atoms with Crippen LogP contribution in [0.25, 0.3) is 5.57 Å². The maximum absolute atomic E-state index is 13.4. The number of carbonyl (C=O) groups is 1. The number of pyridine rings is 1. The van der Waals surface area contributed by atoms with E-state index >= 15 is 0 Å². The summed E-state index contributed by atoms with van der Waals surface area (Å²) < 4.78 is 32.4. The Labute approximate surface area is 191 Å². The van der Waals surface area contributed by atoms with Crippen LogP contribution in [0.15, 0.2) is 30.3 Å². The Balaban J connectivity index is 1.57. The van der Waals surface area contributed by atoms with Gasteiger partial charge in [-0.15, -0.1) is 0 Å². The highest BCUT2D eigenvalue weighted by Gasteiger charge is 2.35. The van der Waals surface area contributed by atoms with Crippen molar-refractivity contribution in [1.29, 1.82) is 5.26 Å². The lowest BCUT2D eigenvalue weighted by Crippen LogP contribution is -2.42. The Morgan fingerprint density at radius 2 is 2.06 bits per heavy atom. The number of methoxy groups -OCH3 is 1. The standard InChI is InChI=1S/C25H26F2N4O2/c1-3-29-21-14-19(30-20-7-6-18(15-28)23(20)21)12-16-4-5-17(13-22(16)33-2)24(32)31-10-8-25(26,27)9-11-31/h4-6,13-14H,3,7-12H2,1-2H3,(H,29,30). The predicted octanol–water partition coefficient (Wildman–Crippen LogP) is 4.45. The fourth-order valence-corrected chi connectivity index (χ4v) is 4.37. The highest BCUT2D eigenvalue weighted by Crippen LogP contribution is 2.34. The molecular weight excluding hydrogens is 426 g/mol. The summed E-state index contributed by atoms with van der Waals surface area (Å²) in [5.74, 6) is -2.42. The summed E-state index contributed by atoms with van der Waals surface area (Å²) in [6.45, 7) is 2.80. The van der Waals surface area contributed by atoms with Crippen molar-refractivity contribution in [3.8, 4) is 11.8 Å². The fourth-order valence-electron chi connectivity index (χ4n) is 4.37. The number of halogens is 2. The van der Waals surface area contributed by atoms with Gasteiger partial charge < -0.3 is 15.0 Å². The van der Waals surface area contributed by atoms with Gasteiger partial charge in [-0.2, -0.15) is 5.26 Å². The quantitative estimate of drug-likeness (QED) is 0.701. The first-order valence-corrected chi connectivity index (χ1v) is 11.1. The van der Waals surface area contributed by atoms with Gasteiger partial charge in [-0.3, -0.25) is 9.78 Å². The van der Waals surface area contributed by atoms with E-state index in [4.69, 9.17) is 9.72 Å². The Kier molecular flexibility index (Phi) is 6.32. The number of anilines is 1. The average Bonchev–Trinajstić information content (AvgIpc) is 3.22. The van der Waals surface area contributed by atoms with Gasteiger partial charge in [0, 0.05) is 73.4 Å². The number of fused-ring (bicyclic) bond motifs is 1. The number of hydrogen-bond acceptors (Lipinski definition) is 5. The van der Waals surface area contributed by atoms with E-state index in [0.717, 1.165) is 34.7 Å². The Morgan fingerprint density at radius 1 is 1.30 bits per heavy atom. The lowest BCUT2D eigenvalue weighted by molar-refractivity contribution is -0.0494. The third-order valence-electron chi connectivity index (χ3n) is 6.09. The number of allylic oxidation sites excluding steroid dienone is 2. The number of nitriles is 1. The van der Waals surface area contributed by atoms with Crippen LogP contribution in [0.2, 0.25) is 0 Å². The Bertz CT molecular complexity index is 1140. The number of alkyl halides is 2. The molecule has 1 aliphatic heterocycles. The number of carbonyl (C=O) groups excluding carboxylic acids is 1. The Hall–Kier alpha value is -3.47. The van der Waals surface area contributed by atoms with Crippen molar-refractivity contribution in [3.05, 3.63) is 58.4 Å². The van der Waals surface area contributed by atoms with Crippen LogP contribution >= 0.6 is 0 Å². The van der Waals surface area contributed by atoms with Crippen LogP contribution in [0.1, 0.15) is 52.6 Å². The van der Waals surface area contributed by atoms with Crippen LogP contribution in [0.3, 0.4) is 0 Å². The Morgan fingerprint density at radius 3 is 2.73 bits per heavy atom. The van der Waals surface area contributed by atoms with Crippen LogP contribution in [-0.2, 0) is 12.8 Å². The topological polar surface area (TPSA) is 78.2 Å². The molecule has 1 fully saturated rings. The number of nitrogens with zero attached hydrogens (tertiary/aromatic N) is 3. The minimum atomic E-state index is -2.70. The fraction of sp³-hybridized carbons (Fsp3) is 0.400. The molecule has 0 radical (unpaired) electrons. The maximum atomic E-state index is 13.4. The van der Waals surface area contributed by atoms with E-state index in [1.807, 2.05) is 25.1 Å². The number of rotatable bonds is 6. The van der Waals surface area contributed by atoms with Gasteiger partial charge in [0.15, 0.2) is 0 Å². The molecule has 2 aliphatic rings. The number of hydrogen-bond donors (Lipinski definition) is 1. The molecule has 0 saturated carbocycles. The van der Waals surface area contributed by atoms with Crippen molar-refractivity contribution in [2.24, 2.45) is 0 Å². The third-order valence-corrected chi connectivity index (χ3v) is 6.09. The molecule has 1 aromatic heterocycles. The second-order valence-electron chi connectivity index (χ2n) is 8.30. The molecule has 0 atom stereocenters. The predicted molar refractivity (Wildman–Crippen MR) is 122 cm³/mol. The minimum absolute atomic E-state index is 0.0425. The van der Waals surface area contributed by atoms with Crippen LogP contribution in [-0.4, -0.2) is 48.5 Å². The van der Waals surface area contributed by atoms with Crippen molar-refractivity contribution in [2.45, 2.75) is 38.5 Å². The summed E-state index contributed by atoms with van der Waals surface area (Å²) in [7, 11) is 1.54. The molecule has 172 valence electrons. The first kappa shape index (κ1) is 22.7. The van der Waals surface area contributed by atoms with E-state index in [0.29, 0.717) is 29.7 Å². The molecule has 0 unspecified atom stereocenters. The maximum Gasteiger partial charge on any atom is 0.253 e. The zero-order valence-electron chi connectivity index (χ0n) is 18.8. The molecule has 1 aromatic carbocycles. The number of aromatic nitrogens is 1. The van der Waals surface area contributed by atoms with E-state index in [1.54, 1.807) is 12.1 Å². The van der Waals surface area contributed by atoms with Crippen LogP contribution in [0.5, 0.6) is 5.75 Å². The van der Waals surface area contributed by atoms with Gasteiger partial charge in [0.25, 0.3) is 11.8 Å². The number of piperidine rings is 1. The summed E-state index contributed by atoms with van der Waals surface area (Å²) >= 11 is 0. The molecule has 0 spiro atoms. The smallest absolute Gasteiger partial charge is 0.253 e. The van der Waals surface area contributed by atoms with Gasteiger partial charge >= 0.3 is 0 Å². The monoisotopic (exact) mass is 452 g/mol. The number of likely N-dealkylation sites (tertiary alicyclic amines) is 1. The lowest BCUT2D eigenvalue weighted by atomic mass is 10.0. The zero-order valence-corrected chi connectivity index (χ0v) is 18.8. The van der Waals surface area contributed by atoms with Crippen LogP contribution in [0.4, 0.5) is 14.5 Å². The molecule has 1 N–H and O–H groups in total. The highest BCUT2D eigenvalue weighted by molar-refractivity contribution is 5.95. The van der Waals surface area contributed by atoms with Crippen molar-refractivity contribution >= 4 is 17.2 Å². The van der Waals surface area contributed by atoms with Gasteiger partial charge in [0.2, 0.25) is 0 Å². The number of ether oxygens (including phenoxy) is 1. The van der Waals surface area contributed by atoms with Gasteiger partial charge in [-0.05, 0) is 25.1 Å². The van der Waals surface area contributed by atoms with Gasteiger partial charge in [-0.1, -0.05) is 12.1 Å². The molecular formula is C25H26F2N4O2. The van der Waals surface area contributed by atoms with Crippen molar-refractivity contribution in [1.82, 2.24) is 9.88 Å². The third kappa shape index (κ3) is 4.68. The van der Waals surface area contributed by atoms with Crippen molar-refractivity contribution < 1.29 is 18.3 Å². The van der Waals surface area contributed by atoms with Gasteiger partial charge in [0.05, 0.1) is 24.4 Å². The molecule has 2 aromatic rings. The normalized spacial score (nSPS) is 16.6. The molecule has 1 aliphatic carbocycles. The summed E-state index contributed by atoms with van der Waals surface area (Å²) in [6.07, 6.45) is 2.37. The number of amides is 1. The largest absolute Gasteiger partial charge is 0.496 e. The zero-order chi connectivity index (χ0) is 23.6. The van der Waals surface area contributed by atoms with E-state index in [2.05, 4.69) is 11.4 Å². The first-order chi connectivity index (χ1) is 15.8. The minimum Gasteiger partial charge on any atom is -0.496 e. The molecule has 2 heterocycles. The molecule has 33 heavy (non-hydrogen) atoms. The number of nitrogens with one attached hydrogen (secondary N) is 1. The molecule has 1 saturated heterocycles. The number of benzene rings is 1. The average molecular weight is 453 g/mol. The van der Waals surface area contributed by atoms with Crippen molar-refractivity contribution in [2.75, 3.05) is 32.1 Å². The second-order valence-corrected chi connectivity index (χ2v) is 8.30. The van der Waals surface area contributed by atoms with E-state index in [-0.39, 0.29) is 31.8 Å². The SMILES string of the molecule is CCNc1cc(Cc2ccc(C(=O)N3CCC(F)(F)CC3)cc2OC)nc2c1C(C#N)=CC2. The highest BCUT2D eigenvalue weighted by atomic mass is 19.3. The second kappa shape index (κ2) is 9.18. The summed E-state index contributed by atoms with van der Waals surface area (Å²) in [5.41, 5.74) is 5.36. The lowest BCUT2D eigenvalue weighted by Gasteiger charge is -2.31. The summed E-state index contributed by atoms with van der Waals surface area (Å²) in [4.78, 5) is 19.1. The van der Waals surface area contributed by atoms with E-state index in [1.165, 1.54) is 12.0 Å². The molecule has 6 nitrogen and oxygen atoms in total. The molecule has 0 bridgehead atoms. The molecule has 8 heteroatoms. The summed E-state index contributed by atoms with van der Waals surface area (Å²) in [6, 6.07) is 9.39. The molecule has 1 amide bonds. The van der Waals surface area contributed by atoms with Crippen molar-refractivity contribution in [3.63, 3.8) is 0 Å². The van der Waals surface area contributed by atoms with Gasteiger partial charge in [0.1, 0.15) is 5.75 Å². The van der Waals surface area contributed by atoms with Gasteiger partial charge in [-0.25, -0.2) is 8.78 Å². The first-order valence-electron chi connectivity index (χ1n) is 11.1. The summed E-state index contributed by atoms with van der Waals surface area (Å²) in [5, 5.41) is 12.7. The van der Waals surface area contributed by atoms with E-state index < -0.39 is 5.92 Å². The van der Waals surface area contributed by atoms with E-state index in [9.17, 15) is 18.8 Å². The van der Waals surface area contributed by atoms with Crippen LogP contribution in [0, 0.1) is 11.3 Å². The molecule has 4 rings (SSSR count). The van der Waals surface area contributed by atoms with Crippen LogP contribution < -0.4 is 10.1 Å².